The van der Waals surface area contributed by atoms with Gasteiger partial charge in [0.15, 0.2) is 5.12 Å². The number of hydrogen-bond acceptors (Lipinski definition) is 5. The zero-order valence-corrected chi connectivity index (χ0v) is 14.9. The third kappa shape index (κ3) is 3.52. The first-order chi connectivity index (χ1) is 10.3. The van der Waals surface area contributed by atoms with E-state index in [2.05, 4.69) is 15.9 Å². The molecule has 1 aromatic carbocycles. The van der Waals surface area contributed by atoms with Crippen LogP contribution in [0.5, 0.6) is 0 Å². The van der Waals surface area contributed by atoms with Crippen LogP contribution in [0, 0.1) is 6.92 Å². The topological polar surface area (TPSA) is 63.7 Å². The lowest BCUT2D eigenvalue weighted by Gasteiger charge is -2.21. The molecule has 1 fully saturated rings. The van der Waals surface area contributed by atoms with E-state index in [0.717, 1.165) is 0 Å². The van der Waals surface area contributed by atoms with Gasteiger partial charge in [-0.2, -0.15) is 0 Å². The number of benzene rings is 1. The molecule has 0 saturated carbocycles. The fraction of sp³-hybridized carbons (Fsp3) is 0.400. The highest BCUT2D eigenvalue weighted by molar-refractivity contribution is 9.10. The second-order valence-electron chi connectivity index (χ2n) is 5.03. The number of carbonyl (C=O) groups excluding carboxylic acids is 3. The maximum absolute atomic E-state index is 12.3. The Bertz CT molecular complexity index is 647. The number of esters is 1. The van der Waals surface area contributed by atoms with Crippen LogP contribution >= 0.6 is 27.7 Å². The Morgan fingerprint density at radius 3 is 2.68 bits per heavy atom. The Morgan fingerprint density at radius 2 is 2.09 bits per heavy atom. The quantitative estimate of drug-likeness (QED) is 0.748. The predicted molar refractivity (Wildman–Crippen MR) is 89.2 cm³/mol. The number of thioether (sulfide) groups is 1. The second kappa shape index (κ2) is 6.83. The van der Waals surface area contributed by atoms with Gasteiger partial charge < -0.3 is 9.64 Å². The summed E-state index contributed by atoms with van der Waals surface area (Å²) in [6.07, 6.45) is 0.323. The number of methoxy groups -OCH3 is 1. The van der Waals surface area contributed by atoms with Crippen LogP contribution in [0.4, 0.5) is 5.69 Å². The van der Waals surface area contributed by atoms with Crippen LogP contribution in [0.2, 0.25) is 0 Å². The summed E-state index contributed by atoms with van der Waals surface area (Å²) in [6, 6.07) is 3.48. The highest BCUT2D eigenvalue weighted by atomic mass is 79.9. The molecule has 0 N–H and O–H groups in total. The second-order valence-corrected chi connectivity index (χ2v) is 7.42. The van der Waals surface area contributed by atoms with Crippen molar-refractivity contribution in [3.05, 3.63) is 27.7 Å². The molecule has 1 aromatic rings. The lowest BCUT2D eigenvalue weighted by Crippen LogP contribution is -2.26. The predicted octanol–water partition coefficient (Wildman–Crippen LogP) is 2.93. The van der Waals surface area contributed by atoms with Crippen molar-refractivity contribution in [3.63, 3.8) is 0 Å². The number of ether oxygens (including phenoxy) is 1. The summed E-state index contributed by atoms with van der Waals surface area (Å²) in [7, 11) is 1.32. The van der Waals surface area contributed by atoms with Crippen molar-refractivity contribution in [2.24, 2.45) is 0 Å². The van der Waals surface area contributed by atoms with E-state index in [1.165, 1.54) is 25.8 Å². The minimum Gasteiger partial charge on any atom is -0.465 e. The van der Waals surface area contributed by atoms with E-state index < -0.39 is 5.97 Å². The number of nitrogens with zero attached hydrogens (tertiary/aromatic N) is 1. The molecule has 0 bridgehead atoms. The molecular formula is C15H16BrNO4S. The normalized spacial score (nSPS) is 17.7. The summed E-state index contributed by atoms with van der Waals surface area (Å²) in [5, 5.41) is -0.0502. The molecule has 1 amide bonds. The minimum absolute atomic E-state index is 0.000800. The molecule has 2 rings (SSSR count). The van der Waals surface area contributed by atoms with Crippen LogP contribution < -0.4 is 4.90 Å². The van der Waals surface area contributed by atoms with Gasteiger partial charge in [0.2, 0.25) is 5.91 Å². The maximum Gasteiger partial charge on any atom is 0.338 e. The lowest BCUT2D eigenvalue weighted by molar-refractivity contribution is -0.117. The van der Waals surface area contributed by atoms with Gasteiger partial charge in [0.1, 0.15) is 0 Å². The first-order valence-electron chi connectivity index (χ1n) is 6.69. The van der Waals surface area contributed by atoms with Crippen LogP contribution in [-0.2, 0) is 14.3 Å². The van der Waals surface area contributed by atoms with Crippen molar-refractivity contribution >= 4 is 50.4 Å². The molecule has 0 aliphatic carbocycles. The Kier molecular flexibility index (Phi) is 5.28. The number of halogens is 1. The van der Waals surface area contributed by atoms with Crippen molar-refractivity contribution in [2.75, 3.05) is 18.6 Å². The average molecular weight is 386 g/mol. The van der Waals surface area contributed by atoms with Crippen molar-refractivity contribution < 1.29 is 19.1 Å². The smallest absolute Gasteiger partial charge is 0.338 e. The third-order valence-electron chi connectivity index (χ3n) is 3.46. The fourth-order valence-electron chi connectivity index (χ4n) is 2.49. The Morgan fingerprint density at radius 1 is 1.41 bits per heavy atom. The van der Waals surface area contributed by atoms with Crippen molar-refractivity contribution in [2.45, 2.75) is 25.5 Å². The van der Waals surface area contributed by atoms with Crippen LogP contribution in [0.15, 0.2) is 16.6 Å². The highest BCUT2D eigenvalue weighted by Crippen LogP contribution is 2.34. The largest absolute Gasteiger partial charge is 0.465 e. The standard InChI is InChI=1S/C15H16BrNO4S/c1-8-12(15(20)21-3)4-10(16)5-13(8)17-7-11(6-14(17)19)22-9(2)18/h4-5,11H,6-7H2,1-3H3. The van der Waals surface area contributed by atoms with Crippen molar-refractivity contribution in [1.82, 2.24) is 0 Å². The van der Waals surface area contributed by atoms with E-state index in [4.69, 9.17) is 4.74 Å². The van der Waals surface area contributed by atoms with Gasteiger partial charge in [0.05, 0.1) is 12.7 Å². The molecular weight excluding hydrogens is 370 g/mol. The molecule has 1 unspecified atom stereocenters. The van der Waals surface area contributed by atoms with Gasteiger partial charge in [-0.3, -0.25) is 9.59 Å². The summed E-state index contributed by atoms with van der Waals surface area (Å²) in [5.74, 6) is -0.489. The van der Waals surface area contributed by atoms with Crippen molar-refractivity contribution in [1.29, 1.82) is 0 Å². The molecule has 1 heterocycles. The van der Waals surface area contributed by atoms with E-state index in [9.17, 15) is 14.4 Å². The minimum atomic E-state index is -0.443. The molecule has 0 spiro atoms. The Hall–Kier alpha value is -1.34. The first-order valence-corrected chi connectivity index (χ1v) is 8.36. The maximum atomic E-state index is 12.3. The number of hydrogen-bond donors (Lipinski definition) is 0. The Labute approximate surface area is 141 Å². The average Bonchev–Trinajstić information content (AvgIpc) is 2.79. The van der Waals surface area contributed by atoms with Gasteiger partial charge in [0, 0.05) is 35.3 Å². The van der Waals surface area contributed by atoms with Gasteiger partial charge in [-0.15, -0.1) is 0 Å². The number of anilines is 1. The number of rotatable bonds is 3. The van der Waals surface area contributed by atoms with Crippen LogP contribution in [0.1, 0.15) is 29.3 Å². The molecule has 7 heteroatoms. The van der Waals surface area contributed by atoms with Crippen LogP contribution in [0.25, 0.3) is 0 Å². The van der Waals surface area contributed by atoms with Crippen LogP contribution in [-0.4, -0.2) is 35.9 Å². The lowest BCUT2D eigenvalue weighted by atomic mass is 10.1. The van der Waals surface area contributed by atoms with Crippen molar-refractivity contribution in [3.8, 4) is 0 Å². The third-order valence-corrected chi connectivity index (χ3v) is 4.90. The molecule has 1 aliphatic heterocycles. The summed E-state index contributed by atoms with van der Waals surface area (Å²) in [4.78, 5) is 36.9. The molecule has 0 radical (unpaired) electrons. The van der Waals surface area contributed by atoms with E-state index in [1.54, 1.807) is 24.0 Å². The number of amides is 1. The van der Waals surface area contributed by atoms with E-state index in [1.807, 2.05) is 0 Å². The molecule has 22 heavy (non-hydrogen) atoms. The van der Waals surface area contributed by atoms with Gasteiger partial charge >= 0.3 is 5.97 Å². The highest BCUT2D eigenvalue weighted by Gasteiger charge is 2.33. The van der Waals surface area contributed by atoms with Gasteiger partial charge in [-0.05, 0) is 24.6 Å². The van der Waals surface area contributed by atoms with Gasteiger partial charge in [0.25, 0.3) is 0 Å². The molecule has 1 saturated heterocycles. The summed E-state index contributed by atoms with van der Waals surface area (Å²) < 4.78 is 5.48. The van der Waals surface area contributed by atoms with Crippen LogP contribution in [0.3, 0.4) is 0 Å². The molecule has 5 nitrogen and oxygen atoms in total. The summed E-state index contributed by atoms with van der Waals surface area (Å²) in [6.45, 7) is 3.74. The molecule has 118 valence electrons. The SMILES string of the molecule is COC(=O)c1cc(Br)cc(N2CC(SC(C)=O)CC2=O)c1C. The molecule has 1 aliphatic rings. The fourth-order valence-corrected chi connectivity index (χ4v) is 3.85. The zero-order chi connectivity index (χ0) is 16.4. The molecule has 1 atom stereocenters. The summed E-state index contributed by atoms with van der Waals surface area (Å²) in [5.41, 5.74) is 1.78. The van der Waals surface area contributed by atoms with Gasteiger partial charge in [-0.25, -0.2) is 4.79 Å². The van der Waals surface area contributed by atoms with Gasteiger partial charge in [-0.1, -0.05) is 27.7 Å². The number of carbonyl (C=O) groups is 3. The van der Waals surface area contributed by atoms with E-state index in [0.29, 0.717) is 34.3 Å². The monoisotopic (exact) mass is 385 g/mol. The molecule has 0 aromatic heterocycles. The summed E-state index contributed by atoms with van der Waals surface area (Å²) >= 11 is 4.55. The van der Waals surface area contributed by atoms with E-state index >= 15 is 0 Å². The van der Waals surface area contributed by atoms with E-state index in [-0.39, 0.29) is 16.3 Å². The Balaban J connectivity index is 2.36. The zero-order valence-electron chi connectivity index (χ0n) is 12.5. The first kappa shape index (κ1) is 17.0.